The van der Waals surface area contributed by atoms with Crippen LogP contribution in [0.25, 0.3) is 10.9 Å². The van der Waals surface area contributed by atoms with Gasteiger partial charge in [-0.2, -0.15) is 5.10 Å². The number of hydrogen-bond donors (Lipinski definition) is 2. The van der Waals surface area contributed by atoms with Gasteiger partial charge in [0, 0.05) is 10.3 Å². The van der Waals surface area contributed by atoms with Crippen LogP contribution in [0, 0.1) is 0 Å². The highest BCUT2D eigenvalue weighted by Gasteiger charge is 2.16. The van der Waals surface area contributed by atoms with Crippen molar-refractivity contribution >= 4 is 28.1 Å². The minimum Gasteiger partial charge on any atom is -0.343 e. The number of carbonyl (C=O) groups excluding carboxylic acids is 1. The first-order valence-electron chi connectivity index (χ1n) is 6.03. The molecule has 96 valence electrons. The second kappa shape index (κ2) is 4.85. The van der Waals surface area contributed by atoms with Gasteiger partial charge in [-0.1, -0.05) is 24.3 Å². The van der Waals surface area contributed by atoms with Gasteiger partial charge in [-0.05, 0) is 24.4 Å². The van der Waals surface area contributed by atoms with Gasteiger partial charge in [0.1, 0.15) is 0 Å². The number of para-hydroxylation sites is 1. The molecule has 1 amide bonds. The average molecular weight is 271 g/mol. The minimum absolute atomic E-state index is 0.0111. The number of H-pyrrole nitrogens is 1. The lowest BCUT2D eigenvalue weighted by molar-refractivity contribution is 0.0937. The molecule has 0 saturated heterocycles. The van der Waals surface area contributed by atoms with Crippen molar-refractivity contribution in [3.05, 3.63) is 52.3 Å². The molecular weight excluding hydrogens is 258 g/mol. The number of aromatic nitrogens is 2. The van der Waals surface area contributed by atoms with E-state index in [1.807, 2.05) is 48.7 Å². The molecule has 2 heterocycles. The number of thiophene rings is 1. The number of amides is 1. The Bertz CT molecular complexity index is 702. The summed E-state index contributed by atoms with van der Waals surface area (Å²) in [6.45, 7) is 1.97. The van der Waals surface area contributed by atoms with Crippen LogP contribution in [-0.4, -0.2) is 16.1 Å². The zero-order chi connectivity index (χ0) is 13.2. The second-order valence-electron chi connectivity index (χ2n) is 4.33. The third-order valence-electron chi connectivity index (χ3n) is 3.00. The molecule has 0 saturated carbocycles. The van der Waals surface area contributed by atoms with Crippen molar-refractivity contribution in [2.75, 3.05) is 0 Å². The molecule has 1 atom stereocenters. The molecule has 0 aliphatic rings. The van der Waals surface area contributed by atoms with Crippen LogP contribution >= 0.6 is 11.3 Å². The number of benzene rings is 1. The molecule has 0 fully saturated rings. The lowest BCUT2D eigenvalue weighted by Gasteiger charge is -2.10. The number of aromatic amines is 1. The fourth-order valence-corrected chi connectivity index (χ4v) is 2.74. The normalized spacial score (nSPS) is 12.5. The van der Waals surface area contributed by atoms with Crippen LogP contribution in [0.2, 0.25) is 0 Å². The molecule has 5 heteroatoms. The van der Waals surface area contributed by atoms with Crippen LogP contribution in [0.5, 0.6) is 0 Å². The highest BCUT2D eigenvalue weighted by molar-refractivity contribution is 7.10. The minimum atomic E-state index is -0.154. The first-order chi connectivity index (χ1) is 9.25. The van der Waals surface area contributed by atoms with E-state index in [0.29, 0.717) is 5.69 Å². The molecule has 19 heavy (non-hydrogen) atoms. The van der Waals surface area contributed by atoms with Gasteiger partial charge >= 0.3 is 0 Å². The van der Waals surface area contributed by atoms with Crippen molar-refractivity contribution in [3.63, 3.8) is 0 Å². The van der Waals surface area contributed by atoms with Crippen LogP contribution < -0.4 is 5.32 Å². The largest absolute Gasteiger partial charge is 0.343 e. The van der Waals surface area contributed by atoms with E-state index < -0.39 is 0 Å². The lowest BCUT2D eigenvalue weighted by Crippen LogP contribution is -2.26. The van der Waals surface area contributed by atoms with Crippen molar-refractivity contribution in [1.82, 2.24) is 15.5 Å². The van der Waals surface area contributed by atoms with Gasteiger partial charge in [0.2, 0.25) is 0 Å². The number of nitrogens with one attached hydrogen (secondary N) is 2. The number of hydrogen-bond acceptors (Lipinski definition) is 3. The maximum atomic E-state index is 12.2. The Morgan fingerprint density at radius 2 is 2.16 bits per heavy atom. The molecular formula is C14H13N3OS. The summed E-state index contributed by atoms with van der Waals surface area (Å²) >= 11 is 1.63. The quantitative estimate of drug-likeness (QED) is 0.769. The predicted octanol–water partition coefficient (Wildman–Crippen LogP) is 3.12. The summed E-state index contributed by atoms with van der Waals surface area (Å²) in [5.41, 5.74) is 1.32. The SMILES string of the molecule is C[C@@H](NC(=O)c1n[nH]c2ccccc12)c1cccs1. The van der Waals surface area contributed by atoms with E-state index >= 15 is 0 Å². The van der Waals surface area contributed by atoms with Gasteiger partial charge in [0.05, 0.1) is 11.6 Å². The molecule has 0 radical (unpaired) electrons. The highest BCUT2D eigenvalue weighted by atomic mass is 32.1. The third-order valence-corrected chi connectivity index (χ3v) is 4.06. The number of fused-ring (bicyclic) bond motifs is 1. The molecule has 4 nitrogen and oxygen atoms in total. The highest BCUT2D eigenvalue weighted by Crippen LogP contribution is 2.20. The maximum absolute atomic E-state index is 12.2. The summed E-state index contributed by atoms with van der Waals surface area (Å²) in [5.74, 6) is -0.154. The molecule has 0 bridgehead atoms. The fourth-order valence-electron chi connectivity index (χ4n) is 2.01. The predicted molar refractivity (Wildman–Crippen MR) is 76.3 cm³/mol. The van der Waals surface area contributed by atoms with Crippen LogP contribution in [0.15, 0.2) is 41.8 Å². The Hall–Kier alpha value is -2.14. The van der Waals surface area contributed by atoms with Gasteiger partial charge in [0.25, 0.3) is 5.91 Å². The molecule has 0 spiro atoms. The van der Waals surface area contributed by atoms with Crippen molar-refractivity contribution in [2.45, 2.75) is 13.0 Å². The molecule has 3 rings (SSSR count). The topological polar surface area (TPSA) is 57.8 Å². The van der Waals surface area contributed by atoms with Crippen molar-refractivity contribution in [2.24, 2.45) is 0 Å². The summed E-state index contributed by atoms with van der Waals surface area (Å²) in [4.78, 5) is 13.4. The number of nitrogens with zero attached hydrogens (tertiary/aromatic N) is 1. The van der Waals surface area contributed by atoms with Gasteiger partial charge in [-0.3, -0.25) is 9.89 Å². The van der Waals surface area contributed by atoms with Gasteiger partial charge < -0.3 is 5.32 Å². The molecule has 1 aromatic carbocycles. The van der Waals surface area contributed by atoms with E-state index in [9.17, 15) is 4.79 Å². The van der Waals surface area contributed by atoms with E-state index in [1.54, 1.807) is 11.3 Å². The molecule has 0 unspecified atom stereocenters. The average Bonchev–Trinajstić information content (AvgIpc) is 3.08. The number of carbonyl (C=O) groups is 1. The molecule has 0 aliphatic heterocycles. The summed E-state index contributed by atoms with van der Waals surface area (Å²) in [5, 5.41) is 12.8. The van der Waals surface area contributed by atoms with Crippen molar-refractivity contribution in [1.29, 1.82) is 0 Å². The van der Waals surface area contributed by atoms with Gasteiger partial charge in [0.15, 0.2) is 5.69 Å². The standard InChI is InChI=1S/C14H13N3OS/c1-9(12-7-4-8-19-12)15-14(18)13-10-5-2-3-6-11(10)16-17-13/h2-9H,1H3,(H,15,18)(H,16,17)/t9-/m1/s1. The van der Waals surface area contributed by atoms with Gasteiger partial charge in [-0.15, -0.1) is 11.3 Å². The van der Waals surface area contributed by atoms with E-state index in [1.165, 1.54) is 0 Å². The summed E-state index contributed by atoms with van der Waals surface area (Å²) in [7, 11) is 0. The number of rotatable bonds is 3. The van der Waals surface area contributed by atoms with Crippen LogP contribution in [0.3, 0.4) is 0 Å². The van der Waals surface area contributed by atoms with Crippen molar-refractivity contribution in [3.8, 4) is 0 Å². The first kappa shape index (κ1) is 11.9. The van der Waals surface area contributed by atoms with E-state index in [0.717, 1.165) is 15.8 Å². The van der Waals surface area contributed by atoms with E-state index in [-0.39, 0.29) is 11.9 Å². The molecule has 3 aromatic rings. The van der Waals surface area contributed by atoms with Gasteiger partial charge in [-0.25, -0.2) is 0 Å². The van der Waals surface area contributed by atoms with Crippen LogP contribution in [0.4, 0.5) is 0 Å². The van der Waals surface area contributed by atoms with E-state index in [2.05, 4.69) is 15.5 Å². The lowest BCUT2D eigenvalue weighted by atomic mass is 10.2. The van der Waals surface area contributed by atoms with E-state index in [4.69, 9.17) is 0 Å². The third kappa shape index (κ3) is 2.24. The smallest absolute Gasteiger partial charge is 0.272 e. The Labute approximate surface area is 114 Å². The molecule has 0 aliphatic carbocycles. The molecule has 2 N–H and O–H groups in total. The molecule has 2 aromatic heterocycles. The zero-order valence-corrected chi connectivity index (χ0v) is 11.2. The fraction of sp³-hybridized carbons (Fsp3) is 0.143. The Balaban J connectivity index is 1.84. The monoisotopic (exact) mass is 271 g/mol. The van der Waals surface area contributed by atoms with Crippen molar-refractivity contribution < 1.29 is 4.79 Å². The Kier molecular flexibility index (Phi) is 3.05. The Morgan fingerprint density at radius 3 is 2.95 bits per heavy atom. The van der Waals surface area contributed by atoms with Crippen LogP contribution in [-0.2, 0) is 0 Å². The second-order valence-corrected chi connectivity index (χ2v) is 5.31. The first-order valence-corrected chi connectivity index (χ1v) is 6.91. The summed E-state index contributed by atoms with van der Waals surface area (Å²) in [6.07, 6.45) is 0. The van der Waals surface area contributed by atoms with Crippen LogP contribution in [0.1, 0.15) is 28.3 Å². The Morgan fingerprint density at radius 1 is 1.32 bits per heavy atom. The maximum Gasteiger partial charge on any atom is 0.272 e. The summed E-state index contributed by atoms with van der Waals surface area (Å²) in [6, 6.07) is 11.6. The zero-order valence-electron chi connectivity index (χ0n) is 10.4. The summed E-state index contributed by atoms with van der Waals surface area (Å²) < 4.78 is 0.